The van der Waals surface area contributed by atoms with E-state index in [1.165, 1.54) is 18.5 Å². The number of methoxy groups -OCH3 is 1. The molecule has 4 rings (SSSR count). The van der Waals surface area contributed by atoms with Crippen LogP contribution in [0.1, 0.15) is 12.8 Å². The lowest BCUT2D eigenvalue weighted by molar-refractivity contribution is 0.279. The maximum atomic E-state index is 13.5. The number of halogens is 2. The van der Waals surface area contributed by atoms with Crippen molar-refractivity contribution in [3.63, 3.8) is 0 Å². The first kappa shape index (κ1) is 18.7. The molecule has 0 saturated carbocycles. The molecule has 1 unspecified atom stereocenters. The lowest BCUT2D eigenvalue weighted by Gasteiger charge is -2.17. The lowest BCUT2D eigenvalue weighted by Crippen LogP contribution is -2.28. The molecule has 146 valence electrons. The van der Waals surface area contributed by atoms with Gasteiger partial charge in [0, 0.05) is 23.9 Å². The van der Waals surface area contributed by atoms with Gasteiger partial charge in [0.1, 0.15) is 36.1 Å². The molecule has 3 aromatic rings. The highest BCUT2D eigenvalue weighted by atomic mass is 35.5. The van der Waals surface area contributed by atoms with E-state index in [2.05, 4.69) is 20.6 Å². The van der Waals surface area contributed by atoms with Gasteiger partial charge in [-0.1, -0.05) is 11.6 Å². The maximum absolute atomic E-state index is 13.5. The summed E-state index contributed by atoms with van der Waals surface area (Å²) in [6.07, 6.45) is 3.68. The molecule has 1 saturated heterocycles. The van der Waals surface area contributed by atoms with Crippen molar-refractivity contribution >= 4 is 34.0 Å². The van der Waals surface area contributed by atoms with Gasteiger partial charge in [0.25, 0.3) is 0 Å². The van der Waals surface area contributed by atoms with E-state index in [0.29, 0.717) is 41.2 Å². The van der Waals surface area contributed by atoms with E-state index in [1.54, 1.807) is 13.2 Å². The molecule has 0 amide bonds. The molecule has 1 aliphatic rings. The zero-order chi connectivity index (χ0) is 19.5. The number of nitrogens with zero attached hydrogens (tertiary/aromatic N) is 2. The molecule has 28 heavy (non-hydrogen) atoms. The van der Waals surface area contributed by atoms with Crippen molar-refractivity contribution in [2.24, 2.45) is 0 Å². The summed E-state index contributed by atoms with van der Waals surface area (Å²) in [6, 6.07) is 8.38. The van der Waals surface area contributed by atoms with E-state index in [9.17, 15) is 4.39 Å². The van der Waals surface area contributed by atoms with Gasteiger partial charge >= 0.3 is 0 Å². The Labute approximate surface area is 167 Å². The maximum Gasteiger partial charge on any atom is 0.145 e. The summed E-state index contributed by atoms with van der Waals surface area (Å²) >= 11 is 5.90. The Morgan fingerprint density at radius 1 is 1.29 bits per heavy atom. The van der Waals surface area contributed by atoms with Gasteiger partial charge in [-0.3, -0.25) is 0 Å². The fraction of sp³-hybridized carbons (Fsp3) is 0.300. The minimum Gasteiger partial charge on any atom is -0.497 e. The largest absolute Gasteiger partial charge is 0.497 e. The number of fused-ring (bicyclic) bond motifs is 1. The van der Waals surface area contributed by atoms with Crippen molar-refractivity contribution in [3.8, 4) is 11.5 Å². The first-order chi connectivity index (χ1) is 13.6. The third kappa shape index (κ3) is 3.95. The minimum atomic E-state index is -0.474. The quantitative estimate of drug-likeness (QED) is 0.640. The summed E-state index contributed by atoms with van der Waals surface area (Å²) in [4.78, 5) is 8.71. The standard InChI is InChI=1S/C20H20ClFN4O2/c1-27-14-8-17-19(18(9-14)28-10-13-3-2-6-23-13)20(25-11-24-17)26-12-4-5-16(22)15(21)7-12/h4-5,7-9,11,13,23H,2-3,6,10H2,1H3,(H,24,25,26). The lowest BCUT2D eigenvalue weighted by atomic mass is 10.2. The van der Waals surface area contributed by atoms with Crippen LogP contribution < -0.4 is 20.1 Å². The van der Waals surface area contributed by atoms with Gasteiger partial charge in [-0.25, -0.2) is 14.4 Å². The average Bonchev–Trinajstić information content (AvgIpc) is 3.22. The van der Waals surface area contributed by atoms with E-state index in [4.69, 9.17) is 21.1 Å². The van der Waals surface area contributed by atoms with E-state index in [0.717, 1.165) is 24.8 Å². The van der Waals surface area contributed by atoms with Crippen LogP contribution in [-0.4, -0.2) is 36.3 Å². The molecular formula is C20H20ClFN4O2. The zero-order valence-corrected chi connectivity index (χ0v) is 16.1. The number of rotatable bonds is 6. The van der Waals surface area contributed by atoms with Crippen LogP contribution in [0.4, 0.5) is 15.9 Å². The second-order valence-electron chi connectivity index (χ2n) is 6.60. The number of ether oxygens (including phenoxy) is 2. The molecule has 1 aromatic heterocycles. The van der Waals surface area contributed by atoms with Gasteiger partial charge in [-0.2, -0.15) is 0 Å². The van der Waals surface area contributed by atoms with Gasteiger partial charge < -0.3 is 20.1 Å². The predicted octanol–water partition coefficient (Wildman–Crippen LogP) is 4.31. The molecule has 1 atom stereocenters. The minimum absolute atomic E-state index is 0.0359. The second kappa shape index (κ2) is 8.16. The van der Waals surface area contributed by atoms with Crippen molar-refractivity contribution in [2.45, 2.75) is 18.9 Å². The molecule has 1 aliphatic heterocycles. The normalized spacial score (nSPS) is 16.3. The van der Waals surface area contributed by atoms with E-state index in [-0.39, 0.29) is 5.02 Å². The molecule has 2 N–H and O–H groups in total. The van der Waals surface area contributed by atoms with Gasteiger partial charge in [-0.05, 0) is 37.6 Å². The fourth-order valence-corrected chi connectivity index (χ4v) is 3.44. The van der Waals surface area contributed by atoms with Crippen LogP contribution in [0.5, 0.6) is 11.5 Å². The first-order valence-corrected chi connectivity index (χ1v) is 9.43. The van der Waals surface area contributed by atoms with Crippen molar-refractivity contribution in [3.05, 3.63) is 47.5 Å². The third-order valence-electron chi connectivity index (χ3n) is 4.70. The Morgan fingerprint density at radius 3 is 2.93 bits per heavy atom. The van der Waals surface area contributed by atoms with Gasteiger partial charge in [-0.15, -0.1) is 0 Å². The molecule has 0 spiro atoms. The molecule has 0 bridgehead atoms. The van der Waals surface area contributed by atoms with Crippen LogP contribution in [0.15, 0.2) is 36.7 Å². The first-order valence-electron chi connectivity index (χ1n) is 9.05. The second-order valence-corrected chi connectivity index (χ2v) is 7.01. The molecule has 2 aromatic carbocycles. The summed E-state index contributed by atoms with van der Waals surface area (Å²) in [5.41, 5.74) is 1.30. The number of hydrogen-bond donors (Lipinski definition) is 2. The highest BCUT2D eigenvalue weighted by molar-refractivity contribution is 6.31. The smallest absolute Gasteiger partial charge is 0.145 e. The molecule has 0 aliphatic carbocycles. The van der Waals surface area contributed by atoms with Crippen LogP contribution in [0.2, 0.25) is 5.02 Å². The molecule has 1 fully saturated rings. The number of aromatic nitrogens is 2. The fourth-order valence-electron chi connectivity index (χ4n) is 3.26. The average molecular weight is 403 g/mol. The number of hydrogen-bond acceptors (Lipinski definition) is 6. The van der Waals surface area contributed by atoms with Crippen LogP contribution in [-0.2, 0) is 0 Å². The summed E-state index contributed by atoms with van der Waals surface area (Å²) in [5.74, 6) is 1.35. The van der Waals surface area contributed by atoms with Crippen LogP contribution >= 0.6 is 11.6 Å². The Morgan fingerprint density at radius 2 is 2.18 bits per heavy atom. The van der Waals surface area contributed by atoms with Crippen LogP contribution in [0.3, 0.4) is 0 Å². The highest BCUT2D eigenvalue weighted by Crippen LogP contribution is 2.36. The molecule has 2 heterocycles. The molecule has 6 nitrogen and oxygen atoms in total. The van der Waals surface area contributed by atoms with E-state index >= 15 is 0 Å². The molecule has 0 radical (unpaired) electrons. The van der Waals surface area contributed by atoms with Crippen LogP contribution in [0.25, 0.3) is 10.9 Å². The van der Waals surface area contributed by atoms with E-state index in [1.807, 2.05) is 12.1 Å². The van der Waals surface area contributed by atoms with Crippen molar-refractivity contribution in [1.29, 1.82) is 0 Å². The Hall–Kier alpha value is -2.64. The van der Waals surface area contributed by atoms with E-state index < -0.39 is 5.82 Å². The van der Waals surface area contributed by atoms with Crippen molar-refractivity contribution in [1.82, 2.24) is 15.3 Å². The molecular weight excluding hydrogens is 383 g/mol. The monoisotopic (exact) mass is 402 g/mol. The summed E-state index contributed by atoms with van der Waals surface area (Å²) in [5, 5.41) is 7.36. The van der Waals surface area contributed by atoms with Gasteiger partial charge in [0.2, 0.25) is 0 Å². The number of nitrogens with one attached hydrogen (secondary N) is 2. The van der Waals surface area contributed by atoms with Crippen molar-refractivity contribution in [2.75, 3.05) is 25.6 Å². The van der Waals surface area contributed by atoms with Gasteiger partial charge in [0.05, 0.1) is 23.0 Å². The summed E-state index contributed by atoms with van der Waals surface area (Å²) in [7, 11) is 1.60. The number of anilines is 2. The van der Waals surface area contributed by atoms with Crippen LogP contribution in [0, 0.1) is 5.82 Å². The topological polar surface area (TPSA) is 68.3 Å². The van der Waals surface area contributed by atoms with Gasteiger partial charge in [0.15, 0.2) is 0 Å². The zero-order valence-electron chi connectivity index (χ0n) is 15.3. The SMILES string of the molecule is COc1cc(OCC2CCCN2)c2c(Nc3ccc(F)c(Cl)c3)ncnc2c1. The summed E-state index contributed by atoms with van der Waals surface area (Å²) in [6.45, 7) is 1.55. The van der Waals surface area contributed by atoms with Crippen molar-refractivity contribution < 1.29 is 13.9 Å². The number of benzene rings is 2. The summed E-state index contributed by atoms with van der Waals surface area (Å²) < 4.78 is 25.0. The third-order valence-corrected chi connectivity index (χ3v) is 4.99. The predicted molar refractivity (Wildman–Crippen MR) is 107 cm³/mol. The molecule has 8 heteroatoms. The Balaban J connectivity index is 1.71. The Kier molecular flexibility index (Phi) is 5.45. The highest BCUT2D eigenvalue weighted by Gasteiger charge is 2.18. The Bertz CT molecular complexity index is 995.